The molecule has 0 aromatic rings. The smallest absolute Gasteiger partial charge is 0.0603 e. The van der Waals surface area contributed by atoms with Gasteiger partial charge in [0.1, 0.15) is 0 Å². The van der Waals surface area contributed by atoms with Gasteiger partial charge in [-0.25, -0.2) is 0 Å². The molecular formula is C15H20N2. The highest BCUT2D eigenvalue weighted by Gasteiger charge is 2.46. The van der Waals surface area contributed by atoms with Gasteiger partial charge < -0.3 is 9.80 Å². The van der Waals surface area contributed by atoms with Crippen molar-refractivity contribution in [3.63, 3.8) is 0 Å². The van der Waals surface area contributed by atoms with E-state index in [1.165, 1.54) is 31.6 Å². The zero-order valence-corrected chi connectivity index (χ0v) is 10.4. The molecule has 4 atom stereocenters. The van der Waals surface area contributed by atoms with Gasteiger partial charge >= 0.3 is 0 Å². The maximum atomic E-state index is 2.59. The summed E-state index contributed by atoms with van der Waals surface area (Å²) in [6.45, 7) is 3.85. The molecule has 1 aliphatic carbocycles. The first-order chi connectivity index (χ1) is 8.33. The Labute approximate surface area is 103 Å². The maximum Gasteiger partial charge on any atom is 0.0603 e. The van der Waals surface area contributed by atoms with E-state index in [4.69, 9.17) is 0 Å². The fourth-order valence-corrected chi connectivity index (χ4v) is 4.25. The summed E-state index contributed by atoms with van der Waals surface area (Å²) < 4.78 is 0. The molecule has 0 N–H and O–H groups in total. The van der Waals surface area contributed by atoms with Crippen molar-refractivity contribution in [2.75, 3.05) is 26.7 Å². The number of likely N-dealkylation sites (tertiary alicyclic amines) is 1. The van der Waals surface area contributed by atoms with Crippen molar-refractivity contribution < 1.29 is 0 Å². The van der Waals surface area contributed by atoms with Crippen LogP contribution in [0.25, 0.3) is 0 Å². The van der Waals surface area contributed by atoms with Crippen molar-refractivity contribution in [1.82, 2.24) is 9.80 Å². The van der Waals surface area contributed by atoms with E-state index in [1.54, 1.807) is 0 Å². The van der Waals surface area contributed by atoms with E-state index < -0.39 is 0 Å². The van der Waals surface area contributed by atoms with Crippen molar-refractivity contribution >= 4 is 0 Å². The summed E-state index contributed by atoms with van der Waals surface area (Å²) in [6, 6.07) is 0.660. The van der Waals surface area contributed by atoms with Gasteiger partial charge in [-0.3, -0.25) is 0 Å². The van der Waals surface area contributed by atoms with Crippen LogP contribution < -0.4 is 0 Å². The molecule has 3 heterocycles. The van der Waals surface area contributed by atoms with Crippen LogP contribution in [0.15, 0.2) is 36.1 Å². The van der Waals surface area contributed by atoms with E-state index in [9.17, 15) is 0 Å². The molecule has 90 valence electrons. The van der Waals surface area contributed by atoms with Gasteiger partial charge in [-0.1, -0.05) is 18.2 Å². The van der Waals surface area contributed by atoms with Crippen LogP contribution in [0.3, 0.4) is 0 Å². The van der Waals surface area contributed by atoms with Gasteiger partial charge in [0.15, 0.2) is 0 Å². The van der Waals surface area contributed by atoms with Gasteiger partial charge in [-0.05, 0) is 49.7 Å². The lowest BCUT2D eigenvalue weighted by Gasteiger charge is -2.51. The number of piperidine rings is 2. The molecule has 0 radical (unpaired) electrons. The normalized spacial score (nSPS) is 43.4. The molecule has 0 saturated carbocycles. The number of nitrogens with zero attached hydrogens (tertiary/aromatic N) is 2. The molecule has 2 saturated heterocycles. The Hall–Kier alpha value is -1.02. The number of allylic oxidation sites excluding steroid dienone is 2. The highest BCUT2D eigenvalue weighted by Crippen LogP contribution is 2.44. The third-order valence-electron chi connectivity index (χ3n) is 5.09. The van der Waals surface area contributed by atoms with Crippen molar-refractivity contribution in [3.05, 3.63) is 36.1 Å². The summed E-state index contributed by atoms with van der Waals surface area (Å²) in [6.07, 6.45) is 13.1. The largest absolute Gasteiger partial charge is 0.369 e. The molecule has 0 amide bonds. The Kier molecular flexibility index (Phi) is 2.04. The van der Waals surface area contributed by atoms with Crippen molar-refractivity contribution in [2.24, 2.45) is 17.8 Å². The van der Waals surface area contributed by atoms with Crippen LogP contribution in [0.4, 0.5) is 0 Å². The highest BCUT2D eigenvalue weighted by molar-refractivity contribution is 5.40. The van der Waals surface area contributed by atoms with Crippen LogP contribution >= 0.6 is 0 Å². The van der Waals surface area contributed by atoms with Crippen LogP contribution in [0.5, 0.6) is 0 Å². The number of hydrogen-bond donors (Lipinski definition) is 0. The third kappa shape index (κ3) is 1.37. The molecule has 2 nitrogen and oxygen atoms in total. The lowest BCUT2D eigenvalue weighted by atomic mass is 9.68. The van der Waals surface area contributed by atoms with Crippen LogP contribution in [-0.2, 0) is 0 Å². The Morgan fingerprint density at radius 1 is 1.29 bits per heavy atom. The summed E-state index contributed by atoms with van der Waals surface area (Å²) in [5.41, 5.74) is 1.53. The van der Waals surface area contributed by atoms with Crippen LogP contribution in [0.2, 0.25) is 0 Å². The van der Waals surface area contributed by atoms with E-state index in [2.05, 4.69) is 47.4 Å². The number of fused-ring (bicyclic) bond motifs is 2. The monoisotopic (exact) mass is 228 g/mol. The van der Waals surface area contributed by atoms with Crippen LogP contribution in [-0.4, -0.2) is 42.5 Å². The Morgan fingerprint density at radius 2 is 2.24 bits per heavy atom. The molecule has 0 spiro atoms. The molecule has 0 aromatic heterocycles. The number of rotatable bonds is 0. The standard InChI is InChI=1S/C15H20N2/c1-16-7-5-12-9-17-8-6-11-3-2-4-13(15(11)17)14(12)10-16/h2-4,6,8,12-15H,5,7,9-10H2,1H3. The second-order valence-electron chi connectivity index (χ2n) is 6.06. The first-order valence-electron chi connectivity index (χ1n) is 6.84. The first kappa shape index (κ1) is 9.95. The Balaban J connectivity index is 1.70. The van der Waals surface area contributed by atoms with Crippen molar-refractivity contribution in [1.29, 1.82) is 0 Å². The van der Waals surface area contributed by atoms with E-state index in [1.807, 2.05) is 0 Å². The maximum absolute atomic E-state index is 2.59. The van der Waals surface area contributed by atoms with E-state index in [0.29, 0.717) is 6.04 Å². The summed E-state index contributed by atoms with van der Waals surface area (Å²) >= 11 is 0. The second-order valence-corrected chi connectivity index (χ2v) is 6.06. The quantitative estimate of drug-likeness (QED) is 0.624. The minimum atomic E-state index is 0.660. The number of hydrogen-bond acceptors (Lipinski definition) is 2. The summed E-state index contributed by atoms with van der Waals surface area (Å²) in [7, 11) is 2.28. The average molecular weight is 228 g/mol. The third-order valence-corrected chi connectivity index (χ3v) is 5.09. The minimum Gasteiger partial charge on any atom is -0.369 e. The lowest BCUT2D eigenvalue weighted by molar-refractivity contribution is 0.0229. The summed E-state index contributed by atoms with van der Waals surface area (Å²) in [4.78, 5) is 5.11. The SMILES string of the molecule is CN1CCC2CN3C=CC4=CC=CC(C2C1)C43. The fourth-order valence-electron chi connectivity index (χ4n) is 4.25. The molecule has 2 fully saturated rings. The average Bonchev–Trinajstić information content (AvgIpc) is 2.75. The molecule has 2 heteroatoms. The van der Waals surface area contributed by atoms with E-state index >= 15 is 0 Å². The van der Waals surface area contributed by atoms with Gasteiger partial charge in [0.05, 0.1) is 6.04 Å². The minimum absolute atomic E-state index is 0.660. The van der Waals surface area contributed by atoms with Crippen molar-refractivity contribution in [2.45, 2.75) is 12.5 Å². The first-order valence-corrected chi connectivity index (χ1v) is 6.84. The second kappa shape index (κ2) is 3.49. The molecular weight excluding hydrogens is 208 g/mol. The van der Waals surface area contributed by atoms with Gasteiger partial charge in [0, 0.05) is 19.0 Å². The lowest BCUT2D eigenvalue weighted by Crippen LogP contribution is -2.55. The summed E-state index contributed by atoms with van der Waals surface area (Å²) in [5.74, 6) is 2.51. The van der Waals surface area contributed by atoms with Gasteiger partial charge in [-0.2, -0.15) is 0 Å². The Morgan fingerprint density at radius 3 is 3.18 bits per heavy atom. The van der Waals surface area contributed by atoms with Gasteiger partial charge in [0.25, 0.3) is 0 Å². The predicted octanol–water partition coefficient (Wildman–Crippen LogP) is 1.88. The zero-order chi connectivity index (χ0) is 11.4. The zero-order valence-electron chi connectivity index (χ0n) is 10.4. The highest BCUT2D eigenvalue weighted by atomic mass is 15.2. The fraction of sp³-hybridized carbons (Fsp3) is 0.600. The van der Waals surface area contributed by atoms with Gasteiger partial charge in [0.2, 0.25) is 0 Å². The Bertz CT molecular complexity index is 421. The van der Waals surface area contributed by atoms with E-state index in [0.717, 1.165) is 17.8 Å². The predicted molar refractivity (Wildman–Crippen MR) is 69.4 cm³/mol. The molecule has 4 aliphatic rings. The van der Waals surface area contributed by atoms with Crippen LogP contribution in [0.1, 0.15) is 6.42 Å². The van der Waals surface area contributed by atoms with Crippen molar-refractivity contribution in [3.8, 4) is 0 Å². The topological polar surface area (TPSA) is 6.48 Å². The molecule has 0 aromatic carbocycles. The van der Waals surface area contributed by atoms with E-state index in [-0.39, 0.29) is 0 Å². The molecule has 4 unspecified atom stereocenters. The summed E-state index contributed by atoms with van der Waals surface area (Å²) in [5, 5.41) is 0. The molecule has 3 aliphatic heterocycles. The van der Waals surface area contributed by atoms with Crippen LogP contribution in [0, 0.1) is 17.8 Å². The molecule has 0 bridgehead atoms. The molecule has 17 heavy (non-hydrogen) atoms. The molecule has 4 rings (SSSR count). The van der Waals surface area contributed by atoms with Gasteiger partial charge in [-0.15, -0.1) is 0 Å².